The monoisotopic (exact) mass is 1000 g/mol. The molecular weight excluding hydrogens is 955 g/mol. The summed E-state index contributed by atoms with van der Waals surface area (Å²) in [6.07, 6.45) is 0. The topological polar surface area (TPSA) is 14.8 Å². The Morgan fingerprint density at radius 3 is 1.34 bits per heavy atom. The lowest BCUT2D eigenvalue weighted by Crippen LogP contribution is -2.26. The van der Waals surface area contributed by atoms with Crippen molar-refractivity contribution >= 4 is 65.4 Å². The molecule has 3 aromatic heterocycles. The van der Waals surface area contributed by atoms with Gasteiger partial charge in [0.25, 0.3) is 0 Å². The Morgan fingerprint density at radius 2 is 0.709 bits per heavy atom. The first-order chi connectivity index (χ1) is 38.9. The zero-order valence-corrected chi connectivity index (χ0v) is 43.7. The lowest BCUT2D eigenvalue weighted by molar-refractivity contribution is 0.630. The SMILES string of the molecule is CC1(C)c2ccccc2-n2c3ccc(-c4ccc5c(c4)c4cc6c(cc4n5-c4ccc5c(c4)c4cc(-c7ccccc7)ccc4n5-c4ccccc4)C4(c5ccccc5-c5ccccc54)c4ccccc4-6)cc3c3cccc1c32. The minimum Gasteiger partial charge on any atom is -0.309 e. The van der Waals surface area contributed by atoms with Gasteiger partial charge in [0.2, 0.25) is 0 Å². The second-order valence-electron chi connectivity index (χ2n) is 22.8. The third-order valence-electron chi connectivity index (χ3n) is 18.6. The van der Waals surface area contributed by atoms with Gasteiger partial charge in [-0.25, -0.2) is 0 Å². The molecule has 0 atom stereocenters. The molecule has 3 aliphatic rings. The van der Waals surface area contributed by atoms with Crippen molar-refractivity contribution in [2.45, 2.75) is 24.7 Å². The Kier molecular flexibility index (Phi) is 8.40. The van der Waals surface area contributed by atoms with E-state index in [4.69, 9.17) is 0 Å². The van der Waals surface area contributed by atoms with Gasteiger partial charge in [-0.3, -0.25) is 0 Å². The second kappa shape index (κ2) is 15.4. The molecule has 4 heterocycles. The predicted octanol–water partition coefficient (Wildman–Crippen LogP) is 19.3. The molecule has 3 nitrogen and oxygen atoms in total. The number of para-hydroxylation sites is 3. The molecule has 3 heteroatoms. The Labute approximate surface area is 457 Å². The number of aromatic nitrogens is 3. The summed E-state index contributed by atoms with van der Waals surface area (Å²) in [5.41, 5.74) is 28.4. The van der Waals surface area contributed by atoms with Gasteiger partial charge in [-0.15, -0.1) is 0 Å². The highest BCUT2D eigenvalue weighted by Crippen LogP contribution is 2.63. The van der Waals surface area contributed by atoms with Crippen molar-refractivity contribution in [3.63, 3.8) is 0 Å². The van der Waals surface area contributed by atoms with Crippen molar-refractivity contribution < 1.29 is 0 Å². The highest BCUT2D eigenvalue weighted by molar-refractivity contribution is 6.17. The van der Waals surface area contributed by atoms with Crippen molar-refractivity contribution in [1.82, 2.24) is 13.7 Å². The largest absolute Gasteiger partial charge is 0.309 e. The normalized spacial score (nSPS) is 14.2. The Hall–Kier alpha value is -9.96. The van der Waals surface area contributed by atoms with E-state index in [-0.39, 0.29) is 5.41 Å². The summed E-state index contributed by atoms with van der Waals surface area (Å²) in [6, 6.07) is 98.7. The van der Waals surface area contributed by atoms with Crippen LogP contribution in [0.15, 0.2) is 261 Å². The van der Waals surface area contributed by atoms with Gasteiger partial charge in [-0.2, -0.15) is 0 Å². The fourth-order valence-corrected chi connectivity index (χ4v) is 15.2. The van der Waals surface area contributed by atoms with Crippen LogP contribution in [0, 0.1) is 0 Å². The van der Waals surface area contributed by atoms with Crippen molar-refractivity contribution in [3.8, 4) is 61.6 Å². The molecule has 0 amide bonds. The van der Waals surface area contributed by atoms with E-state index >= 15 is 0 Å². The smallest absolute Gasteiger partial charge is 0.0726 e. The van der Waals surface area contributed by atoms with Gasteiger partial charge in [0, 0.05) is 49.1 Å². The highest BCUT2D eigenvalue weighted by Gasteiger charge is 2.52. The van der Waals surface area contributed by atoms with Crippen LogP contribution in [0.5, 0.6) is 0 Å². The van der Waals surface area contributed by atoms with E-state index < -0.39 is 5.41 Å². The number of nitrogens with zero attached hydrogens (tertiary/aromatic N) is 3. The molecule has 1 aliphatic heterocycles. The van der Waals surface area contributed by atoms with Gasteiger partial charge in [-0.1, -0.05) is 190 Å². The van der Waals surface area contributed by atoms with E-state index in [2.05, 4.69) is 288 Å². The summed E-state index contributed by atoms with van der Waals surface area (Å²) >= 11 is 0. The van der Waals surface area contributed by atoms with Crippen LogP contribution in [-0.4, -0.2) is 13.7 Å². The second-order valence-corrected chi connectivity index (χ2v) is 22.8. The lowest BCUT2D eigenvalue weighted by atomic mass is 9.70. The van der Waals surface area contributed by atoms with Crippen LogP contribution >= 0.6 is 0 Å². The van der Waals surface area contributed by atoms with Crippen LogP contribution in [0.1, 0.15) is 47.2 Å². The highest BCUT2D eigenvalue weighted by atomic mass is 15.0. The van der Waals surface area contributed by atoms with Crippen LogP contribution in [0.3, 0.4) is 0 Å². The van der Waals surface area contributed by atoms with Gasteiger partial charge in [0.1, 0.15) is 0 Å². The van der Waals surface area contributed by atoms with Gasteiger partial charge < -0.3 is 13.7 Å². The number of benzene rings is 12. The Balaban J connectivity index is 0.919. The fraction of sp³-hybridized carbons (Fsp3) is 0.0526. The number of hydrogen-bond donors (Lipinski definition) is 0. The summed E-state index contributed by atoms with van der Waals surface area (Å²) in [5, 5.41) is 7.50. The lowest BCUT2D eigenvalue weighted by Gasteiger charge is -2.34. The van der Waals surface area contributed by atoms with E-state index in [0.717, 1.165) is 11.4 Å². The molecule has 1 spiro atoms. The van der Waals surface area contributed by atoms with Crippen molar-refractivity contribution in [2.24, 2.45) is 0 Å². The van der Waals surface area contributed by atoms with E-state index in [9.17, 15) is 0 Å². The van der Waals surface area contributed by atoms with E-state index in [0.29, 0.717) is 0 Å². The molecule has 18 rings (SSSR count). The molecule has 15 aromatic rings. The summed E-state index contributed by atoms with van der Waals surface area (Å²) in [5.74, 6) is 0. The molecule has 0 saturated carbocycles. The molecule has 0 saturated heterocycles. The number of hydrogen-bond acceptors (Lipinski definition) is 0. The molecule has 79 heavy (non-hydrogen) atoms. The van der Waals surface area contributed by atoms with E-state index in [1.165, 1.54) is 149 Å². The molecule has 0 bridgehead atoms. The molecular formula is C76H49N3. The molecule has 0 radical (unpaired) electrons. The maximum atomic E-state index is 2.58. The standard InChI is InChI=1S/C76H49N3/c1-75(2)65-29-15-16-31-72(65)79-71-38-34-48(41-57(71)55-25-17-30-66(75)74(55)79)49-33-37-69-59(42-49)61-44-56-54-24-11-14-28-64(54)76(62-26-12-9-22-52(62)53-23-10-13-27-63(53)76)67(56)45-73(61)78(69)51-35-39-70-60(43-51)58-40-47(46-18-5-3-6-19-46)32-36-68(58)77(70)50-20-7-4-8-21-50/h3-45H,1-2H3. The van der Waals surface area contributed by atoms with Crippen molar-refractivity contribution in [3.05, 3.63) is 294 Å². The summed E-state index contributed by atoms with van der Waals surface area (Å²) in [7, 11) is 0. The maximum absolute atomic E-state index is 2.58. The van der Waals surface area contributed by atoms with Crippen molar-refractivity contribution in [2.75, 3.05) is 0 Å². The first-order valence-electron chi connectivity index (χ1n) is 27.7. The quantitative estimate of drug-likeness (QED) is 0.167. The maximum Gasteiger partial charge on any atom is 0.0726 e. The van der Waals surface area contributed by atoms with Crippen LogP contribution < -0.4 is 0 Å². The molecule has 2 aliphatic carbocycles. The molecule has 0 unspecified atom stereocenters. The molecule has 368 valence electrons. The van der Waals surface area contributed by atoms with Gasteiger partial charge >= 0.3 is 0 Å². The first-order valence-corrected chi connectivity index (χ1v) is 27.7. The Bertz CT molecular complexity index is 5110. The summed E-state index contributed by atoms with van der Waals surface area (Å²) in [6.45, 7) is 4.75. The average Bonchev–Trinajstić information content (AvgIpc) is 3.44. The van der Waals surface area contributed by atoms with Crippen LogP contribution in [0.25, 0.3) is 127 Å². The molecule has 0 fully saturated rings. The average molecular weight is 1000 g/mol. The molecule has 12 aromatic carbocycles. The minimum atomic E-state index is -0.480. The van der Waals surface area contributed by atoms with Crippen LogP contribution in [0.2, 0.25) is 0 Å². The zero-order valence-electron chi connectivity index (χ0n) is 43.7. The van der Waals surface area contributed by atoms with Crippen molar-refractivity contribution in [1.29, 1.82) is 0 Å². The van der Waals surface area contributed by atoms with Gasteiger partial charge in [0.15, 0.2) is 0 Å². The first kappa shape index (κ1) is 43.2. The Morgan fingerprint density at radius 1 is 0.253 bits per heavy atom. The number of fused-ring (bicyclic) bond motifs is 21. The van der Waals surface area contributed by atoms with Crippen LogP contribution in [-0.2, 0) is 10.8 Å². The zero-order chi connectivity index (χ0) is 51.9. The van der Waals surface area contributed by atoms with Gasteiger partial charge in [-0.05, 0) is 163 Å². The summed E-state index contributed by atoms with van der Waals surface area (Å²) in [4.78, 5) is 0. The molecule has 0 N–H and O–H groups in total. The number of rotatable bonds is 4. The predicted molar refractivity (Wildman–Crippen MR) is 329 cm³/mol. The van der Waals surface area contributed by atoms with Crippen LogP contribution in [0.4, 0.5) is 0 Å². The third-order valence-corrected chi connectivity index (χ3v) is 18.6. The van der Waals surface area contributed by atoms with E-state index in [1.807, 2.05) is 0 Å². The minimum absolute atomic E-state index is 0.123. The fourth-order valence-electron chi connectivity index (χ4n) is 15.2. The van der Waals surface area contributed by atoms with E-state index in [1.54, 1.807) is 0 Å². The van der Waals surface area contributed by atoms with Gasteiger partial charge in [0.05, 0.1) is 44.2 Å². The summed E-state index contributed by atoms with van der Waals surface area (Å²) < 4.78 is 7.52. The third kappa shape index (κ3) is 5.51.